The molecular weight excluding hydrogens is 308 g/mol. The van der Waals surface area contributed by atoms with E-state index in [4.69, 9.17) is 4.98 Å². The Morgan fingerprint density at radius 2 is 2.08 bits per heavy atom. The Labute approximate surface area is 149 Å². The van der Waals surface area contributed by atoms with E-state index in [-0.39, 0.29) is 0 Å². The van der Waals surface area contributed by atoms with E-state index in [2.05, 4.69) is 53.5 Å². The SMILES string of the molecule is CCCCc1ccc2nc(-c3cncnc3C(C)C)n(C3CC3)c2c1. The third kappa shape index (κ3) is 3.06. The molecular formula is C21H26N4. The van der Waals surface area contributed by atoms with Crippen LogP contribution in [0.2, 0.25) is 0 Å². The summed E-state index contributed by atoms with van der Waals surface area (Å²) in [5, 5.41) is 0. The van der Waals surface area contributed by atoms with Crippen LogP contribution in [0, 0.1) is 0 Å². The fourth-order valence-electron chi connectivity index (χ4n) is 3.54. The first-order valence-corrected chi connectivity index (χ1v) is 9.50. The number of imidazole rings is 1. The summed E-state index contributed by atoms with van der Waals surface area (Å²) in [4.78, 5) is 13.8. The zero-order chi connectivity index (χ0) is 17.4. The number of rotatable bonds is 6. The lowest BCUT2D eigenvalue weighted by molar-refractivity contribution is 0.761. The molecule has 0 spiro atoms. The van der Waals surface area contributed by atoms with Gasteiger partial charge in [-0.25, -0.2) is 15.0 Å². The van der Waals surface area contributed by atoms with Gasteiger partial charge in [0.25, 0.3) is 0 Å². The van der Waals surface area contributed by atoms with E-state index in [1.807, 2.05) is 6.20 Å². The molecule has 0 atom stereocenters. The van der Waals surface area contributed by atoms with Crippen molar-refractivity contribution in [3.63, 3.8) is 0 Å². The van der Waals surface area contributed by atoms with Crippen molar-refractivity contribution in [2.45, 2.75) is 64.8 Å². The Kier molecular flexibility index (Phi) is 4.28. The van der Waals surface area contributed by atoms with Gasteiger partial charge in [0.05, 0.1) is 22.3 Å². The Morgan fingerprint density at radius 3 is 2.80 bits per heavy atom. The highest BCUT2D eigenvalue weighted by molar-refractivity contribution is 5.82. The van der Waals surface area contributed by atoms with Crippen LogP contribution in [0.4, 0.5) is 0 Å². The molecule has 130 valence electrons. The molecule has 3 aromatic rings. The predicted octanol–water partition coefficient (Wildman–Crippen LogP) is 5.29. The second-order valence-electron chi connectivity index (χ2n) is 7.44. The molecule has 2 aromatic heterocycles. The van der Waals surface area contributed by atoms with Gasteiger partial charge < -0.3 is 4.57 Å². The minimum atomic E-state index is 0.352. The number of aryl methyl sites for hydroxylation is 1. The van der Waals surface area contributed by atoms with Gasteiger partial charge in [-0.15, -0.1) is 0 Å². The highest BCUT2D eigenvalue weighted by atomic mass is 15.1. The maximum atomic E-state index is 4.99. The topological polar surface area (TPSA) is 43.6 Å². The standard InChI is InChI=1S/C21H26N4/c1-4-5-6-15-7-10-18-19(11-15)25(16-8-9-16)21(24-18)17-12-22-13-23-20(17)14(2)3/h7,10-14,16H,4-6,8-9H2,1-3H3. The zero-order valence-corrected chi connectivity index (χ0v) is 15.4. The van der Waals surface area contributed by atoms with Crippen LogP contribution in [-0.2, 0) is 6.42 Å². The number of nitrogens with zero attached hydrogens (tertiary/aromatic N) is 4. The van der Waals surface area contributed by atoms with Crippen LogP contribution in [0.3, 0.4) is 0 Å². The molecule has 0 N–H and O–H groups in total. The minimum Gasteiger partial charge on any atom is -0.321 e. The van der Waals surface area contributed by atoms with Crippen LogP contribution in [0.1, 0.15) is 69.7 Å². The average molecular weight is 334 g/mol. The first-order chi connectivity index (χ1) is 12.2. The third-order valence-corrected chi connectivity index (χ3v) is 5.02. The van der Waals surface area contributed by atoms with Crippen molar-refractivity contribution < 1.29 is 0 Å². The van der Waals surface area contributed by atoms with Crippen molar-refractivity contribution in [3.05, 3.63) is 42.0 Å². The van der Waals surface area contributed by atoms with Gasteiger partial charge in [0, 0.05) is 12.2 Å². The number of benzene rings is 1. The summed E-state index contributed by atoms with van der Waals surface area (Å²) in [5.74, 6) is 1.39. The van der Waals surface area contributed by atoms with Crippen LogP contribution in [-0.4, -0.2) is 19.5 Å². The van der Waals surface area contributed by atoms with Gasteiger partial charge in [-0.05, 0) is 49.3 Å². The number of unbranched alkanes of at least 4 members (excludes halogenated alkanes) is 1. The fraction of sp³-hybridized carbons (Fsp3) is 0.476. The first kappa shape index (κ1) is 16.2. The molecule has 1 aromatic carbocycles. The Morgan fingerprint density at radius 1 is 1.24 bits per heavy atom. The maximum Gasteiger partial charge on any atom is 0.144 e. The summed E-state index contributed by atoms with van der Waals surface area (Å²) < 4.78 is 2.44. The van der Waals surface area contributed by atoms with Crippen molar-refractivity contribution in [1.29, 1.82) is 0 Å². The van der Waals surface area contributed by atoms with E-state index in [1.165, 1.54) is 36.8 Å². The summed E-state index contributed by atoms with van der Waals surface area (Å²) in [6.45, 7) is 6.60. The van der Waals surface area contributed by atoms with Crippen molar-refractivity contribution in [2.24, 2.45) is 0 Å². The third-order valence-electron chi connectivity index (χ3n) is 5.02. The molecule has 2 heterocycles. The van der Waals surface area contributed by atoms with E-state index < -0.39 is 0 Å². The lowest BCUT2D eigenvalue weighted by Gasteiger charge is -2.13. The van der Waals surface area contributed by atoms with Gasteiger partial charge >= 0.3 is 0 Å². The van der Waals surface area contributed by atoms with E-state index >= 15 is 0 Å². The Balaban J connectivity index is 1.88. The second kappa shape index (κ2) is 6.58. The minimum absolute atomic E-state index is 0.352. The van der Waals surface area contributed by atoms with E-state index in [9.17, 15) is 0 Å². The normalized spacial score (nSPS) is 14.6. The number of fused-ring (bicyclic) bond motifs is 1. The molecule has 1 aliphatic rings. The highest BCUT2D eigenvalue weighted by Crippen LogP contribution is 2.42. The van der Waals surface area contributed by atoms with Gasteiger partial charge in [0.1, 0.15) is 12.2 Å². The van der Waals surface area contributed by atoms with Crippen LogP contribution in [0.25, 0.3) is 22.4 Å². The maximum absolute atomic E-state index is 4.99. The molecule has 0 amide bonds. The molecule has 25 heavy (non-hydrogen) atoms. The molecule has 1 aliphatic carbocycles. The van der Waals surface area contributed by atoms with Crippen molar-refractivity contribution in [2.75, 3.05) is 0 Å². The van der Waals surface area contributed by atoms with Crippen molar-refractivity contribution in [3.8, 4) is 11.4 Å². The summed E-state index contributed by atoms with van der Waals surface area (Å²) in [6.07, 6.45) is 9.66. The van der Waals surface area contributed by atoms with E-state index in [1.54, 1.807) is 6.33 Å². The van der Waals surface area contributed by atoms with Crippen LogP contribution in [0.15, 0.2) is 30.7 Å². The molecule has 0 unspecified atom stereocenters. The summed E-state index contributed by atoms with van der Waals surface area (Å²) >= 11 is 0. The quantitative estimate of drug-likeness (QED) is 0.615. The van der Waals surface area contributed by atoms with Crippen LogP contribution in [0.5, 0.6) is 0 Å². The number of hydrogen-bond acceptors (Lipinski definition) is 3. The summed E-state index contributed by atoms with van der Waals surface area (Å²) in [7, 11) is 0. The van der Waals surface area contributed by atoms with Crippen LogP contribution < -0.4 is 0 Å². The molecule has 0 bridgehead atoms. The second-order valence-corrected chi connectivity index (χ2v) is 7.44. The zero-order valence-electron chi connectivity index (χ0n) is 15.4. The predicted molar refractivity (Wildman–Crippen MR) is 102 cm³/mol. The van der Waals surface area contributed by atoms with Crippen molar-refractivity contribution in [1.82, 2.24) is 19.5 Å². The molecule has 4 heteroatoms. The number of aromatic nitrogens is 4. The van der Waals surface area contributed by atoms with Crippen LogP contribution >= 0.6 is 0 Å². The molecule has 1 saturated carbocycles. The Bertz CT molecular complexity index is 890. The smallest absolute Gasteiger partial charge is 0.144 e. The van der Waals surface area contributed by atoms with Gasteiger partial charge in [0.2, 0.25) is 0 Å². The van der Waals surface area contributed by atoms with Gasteiger partial charge in [-0.1, -0.05) is 33.3 Å². The van der Waals surface area contributed by atoms with Gasteiger partial charge in [-0.3, -0.25) is 0 Å². The molecule has 1 fully saturated rings. The van der Waals surface area contributed by atoms with Gasteiger partial charge in [0.15, 0.2) is 0 Å². The average Bonchev–Trinajstić information content (AvgIpc) is 3.39. The Hall–Kier alpha value is -2.23. The highest BCUT2D eigenvalue weighted by Gasteiger charge is 2.30. The first-order valence-electron chi connectivity index (χ1n) is 9.50. The lowest BCUT2D eigenvalue weighted by atomic mass is 10.0. The fourth-order valence-corrected chi connectivity index (χ4v) is 3.54. The number of hydrogen-bond donors (Lipinski definition) is 0. The van der Waals surface area contributed by atoms with E-state index in [0.29, 0.717) is 12.0 Å². The molecule has 0 aliphatic heterocycles. The van der Waals surface area contributed by atoms with Gasteiger partial charge in [-0.2, -0.15) is 0 Å². The molecule has 4 nitrogen and oxygen atoms in total. The molecule has 0 saturated heterocycles. The van der Waals surface area contributed by atoms with Crippen molar-refractivity contribution >= 4 is 11.0 Å². The largest absolute Gasteiger partial charge is 0.321 e. The molecule has 4 rings (SSSR count). The molecule has 0 radical (unpaired) electrons. The summed E-state index contributed by atoms with van der Waals surface area (Å²) in [6, 6.07) is 7.33. The summed E-state index contributed by atoms with van der Waals surface area (Å²) in [5.41, 5.74) is 5.93. The van der Waals surface area contributed by atoms with E-state index in [0.717, 1.165) is 29.0 Å². The lowest BCUT2D eigenvalue weighted by Crippen LogP contribution is -2.03. The monoisotopic (exact) mass is 334 g/mol.